The van der Waals surface area contributed by atoms with Crippen LogP contribution in [0, 0.1) is 0 Å². The van der Waals surface area contributed by atoms with E-state index in [4.69, 9.17) is 17.3 Å². The Morgan fingerprint density at radius 3 is 2.94 bits per heavy atom. The molecule has 1 fully saturated rings. The number of fused-ring (bicyclic) bond motifs is 4. The average Bonchev–Trinajstić information content (AvgIpc) is 3.45. The molecule has 1 saturated heterocycles. The van der Waals surface area contributed by atoms with Crippen LogP contribution in [-0.4, -0.2) is 37.1 Å². The van der Waals surface area contributed by atoms with Gasteiger partial charge in [-0.3, -0.25) is 9.48 Å². The van der Waals surface area contributed by atoms with E-state index in [1.54, 1.807) is 28.3 Å². The summed E-state index contributed by atoms with van der Waals surface area (Å²) in [6.45, 7) is 0.689. The number of carbonyl (C=O) groups is 1. The Morgan fingerprint density at radius 1 is 1.18 bits per heavy atom. The number of hydrogen-bond acceptors (Lipinski definition) is 6. The fourth-order valence-electron chi connectivity index (χ4n) is 4.90. The highest BCUT2D eigenvalue weighted by Gasteiger charge is 2.30. The van der Waals surface area contributed by atoms with Gasteiger partial charge in [0, 0.05) is 19.0 Å². The minimum atomic E-state index is -0.0721. The minimum absolute atomic E-state index is 0.00891. The van der Waals surface area contributed by atoms with Crippen molar-refractivity contribution in [3.63, 3.8) is 0 Å². The van der Waals surface area contributed by atoms with Crippen molar-refractivity contribution in [1.82, 2.24) is 24.6 Å². The minimum Gasteiger partial charge on any atom is -0.383 e. The third-order valence-corrected chi connectivity index (χ3v) is 7.65. The molecule has 1 amide bonds. The van der Waals surface area contributed by atoms with Gasteiger partial charge in [-0.2, -0.15) is 5.10 Å². The van der Waals surface area contributed by atoms with Crippen LogP contribution in [0.4, 0.5) is 5.82 Å². The van der Waals surface area contributed by atoms with Crippen molar-refractivity contribution < 1.29 is 4.79 Å². The number of carbonyl (C=O) groups excluding carboxylic acids is 1. The molecule has 166 valence electrons. The number of piperidine rings is 1. The number of nitrogens with zero attached hydrogens (tertiary/aromatic N) is 5. The largest absolute Gasteiger partial charge is 0.383 e. The van der Waals surface area contributed by atoms with Crippen molar-refractivity contribution in [2.45, 2.75) is 25.3 Å². The number of halogens is 1. The maximum absolute atomic E-state index is 13.8. The second kappa shape index (κ2) is 7.67. The van der Waals surface area contributed by atoms with Crippen molar-refractivity contribution in [3.05, 3.63) is 58.2 Å². The van der Waals surface area contributed by atoms with E-state index in [1.807, 2.05) is 23.5 Å². The quantitative estimate of drug-likeness (QED) is 0.371. The first kappa shape index (κ1) is 20.4. The Morgan fingerprint density at radius 2 is 2.06 bits per heavy atom. The number of benzene rings is 2. The lowest BCUT2D eigenvalue weighted by molar-refractivity contribution is 0.0612. The third-order valence-electron chi connectivity index (χ3n) is 6.53. The van der Waals surface area contributed by atoms with Gasteiger partial charge in [0.15, 0.2) is 0 Å². The van der Waals surface area contributed by atoms with Crippen molar-refractivity contribution >= 4 is 66.7 Å². The number of rotatable bonds is 2. The summed E-state index contributed by atoms with van der Waals surface area (Å²) in [5.41, 5.74) is 12.0. The van der Waals surface area contributed by atoms with E-state index < -0.39 is 0 Å². The molecule has 4 heterocycles. The molecule has 1 aliphatic rings. The van der Waals surface area contributed by atoms with E-state index in [0.29, 0.717) is 28.5 Å². The van der Waals surface area contributed by atoms with Gasteiger partial charge in [0.1, 0.15) is 5.82 Å². The zero-order valence-corrected chi connectivity index (χ0v) is 19.5. The summed E-state index contributed by atoms with van der Waals surface area (Å²) in [5.74, 6) is 0.325. The molecule has 5 aromatic rings. The number of pyridine rings is 1. The average molecular weight is 477 g/mol. The van der Waals surface area contributed by atoms with E-state index in [2.05, 4.69) is 33.3 Å². The number of nitrogen functional groups attached to an aromatic ring is 1. The van der Waals surface area contributed by atoms with E-state index in [1.165, 1.54) is 0 Å². The molecular weight excluding hydrogens is 456 g/mol. The second-order valence-corrected chi connectivity index (χ2v) is 9.76. The molecule has 7 nitrogen and oxygen atoms in total. The van der Waals surface area contributed by atoms with Gasteiger partial charge < -0.3 is 10.6 Å². The third kappa shape index (κ3) is 3.24. The van der Waals surface area contributed by atoms with Crippen LogP contribution in [-0.2, 0) is 7.05 Å². The second-order valence-electron chi connectivity index (χ2n) is 8.47. The molecule has 9 heteroatoms. The Hall–Kier alpha value is -3.23. The molecule has 3 aromatic heterocycles. The molecule has 1 atom stereocenters. The lowest BCUT2D eigenvalue weighted by atomic mass is 9.94. The van der Waals surface area contributed by atoms with Gasteiger partial charge in [-0.1, -0.05) is 17.7 Å². The first-order valence-electron chi connectivity index (χ1n) is 10.9. The summed E-state index contributed by atoms with van der Waals surface area (Å²) < 4.78 is 2.90. The summed E-state index contributed by atoms with van der Waals surface area (Å²) in [6.07, 6.45) is 4.66. The fourth-order valence-corrected chi connectivity index (χ4v) is 5.80. The van der Waals surface area contributed by atoms with Gasteiger partial charge >= 0.3 is 0 Å². The number of nitrogens with two attached hydrogens (primary N) is 1. The predicted molar refractivity (Wildman–Crippen MR) is 133 cm³/mol. The molecule has 0 spiro atoms. The van der Waals surface area contributed by atoms with Gasteiger partial charge in [0.05, 0.1) is 55.0 Å². The Kier molecular flexibility index (Phi) is 4.74. The van der Waals surface area contributed by atoms with Gasteiger partial charge in [0.2, 0.25) is 0 Å². The van der Waals surface area contributed by atoms with Crippen molar-refractivity contribution in [2.24, 2.45) is 7.05 Å². The zero-order valence-electron chi connectivity index (χ0n) is 18.0. The summed E-state index contributed by atoms with van der Waals surface area (Å²) in [4.78, 5) is 24.7. The molecule has 2 aromatic carbocycles. The number of aryl methyl sites for hydroxylation is 1. The Balaban J connectivity index is 1.46. The SMILES string of the molecule is Cn1ncc2c(N)nc3cc(Cl)c(C(=O)N4CCCCC4c4ccc5scnc5c4)cc3c21. The van der Waals surface area contributed by atoms with Crippen LogP contribution in [0.3, 0.4) is 0 Å². The van der Waals surface area contributed by atoms with E-state index >= 15 is 0 Å². The van der Waals surface area contributed by atoms with Gasteiger partial charge in [-0.05, 0) is 49.1 Å². The normalized spacial score (nSPS) is 16.8. The van der Waals surface area contributed by atoms with Crippen molar-refractivity contribution in [2.75, 3.05) is 12.3 Å². The van der Waals surface area contributed by atoms with Crippen LogP contribution in [0.2, 0.25) is 5.02 Å². The molecule has 2 N–H and O–H groups in total. The van der Waals surface area contributed by atoms with Crippen LogP contribution in [0.5, 0.6) is 0 Å². The number of amides is 1. The monoisotopic (exact) mass is 476 g/mol. The van der Waals surface area contributed by atoms with Crippen LogP contribution in [0.15, 0.2) is 42.0 Å². The first-order chi connectivity index (χ1) is 16.0. The van der Waals surface area contributed by atoms with Crippen molar-refractivity contribution in [3.8, 4) is 0 Å². The fraction of sp³-hybridized carbons (Fsp3) is 0.250. The molecule has 1 unspecified atom stereocenters. The summed E-state index contributed by atoms with van der Waals surface area (Å²) >= 11 is 8.25. The lowest BCUT2D eigenvalue weighted by Gasteiger charge is -2.36. The van der Waals surface area contributed by atoms with Crippen LogP contribution in [0.25, 0.3) is 32.0 Å². The van der Waals surface area contributed by atoms with E-state index in [0.717, 1.165) is 51.3 Å². The lowest BCUT2D eigenvalue weighted by Crippen LogP contribution is -2.38. The molecule has 6 rings (SSSR count). The number of aromatic nitrogens is 4. The Bertz CT molecular complexity index is 1560. The molecule has 33 heavy (non-hydrogen) atoms. The highest BCUT2D eigenvalue weighted by Crippen LogP contribution is 2.37. The van der Waals surface area contributed by atoms with Gasteiger partial charge in [-0.25, -0.2) is 9.97 Å². The molecule has 0 aliphatic carbocycles. The number of likely N-dealkylation sites (tertiary alicyclic amines) is 1. The van der Waals surface area contributed by atoms with E-state index in [-0.39, 0.29) is 11.9 Å². The zero-order chi connectivity index (χ0) is 22.7. The van der Waals surface area contributed by atoms with E-state index in [9.17, 15) is 4.79 Å². The number of anilines is 1. The number of thiazole rings is 1. The van der Waals surface area contributed by atoms with Crippen molar-refractivity contribution in [1.29, 1.82) is 0 Å². The summed E-state index contributed by atoms with van der Waals surface area (Å²) in [6, 6.07) is 9.88. The molecule has 0 radical (unpaired) electrons. The standard InChI is InChI=1S/C24H21ClN6OS/c1-30-22-15-9-14(17(25)10-18(15)29-23(26)16(22)11-28-30)24(32)31-7-3-2-4-20(31)13-5-6-21-19(8-13)27-12-33-21/h5-6,8-12,20H,2-4,7H2,1H3,(H2,26,29). The molecule has 0 bridgehead atoms. The first-order valence-corrected chi connectivity index (χ1v) is 12.1. The van der Waals surface area contributed by atoms with Gasteiger partial charge in [0.25, 0.3) is 5.91 Å². The molecule has 1 aliphatic heterocycles. The number of hydrogen-bond donors (Lipinski definition) is 1. The topological polar surface area (TPSA) is 89.9 Å². The predicted octanol–water partition coefficient (Wildman–Crippen LogP) is 5.33. The Labute approximate surface area is 198 Å². The smallest absolute Gasteiger partial charge is 0.255 e. The van der Waals surface area contributed by atoms with Crippen LogP contribution >= 0.6 is 22.9 Å². The van der Waals surface area contributed by atoms with Gasteiger partial charge in [-0.15, -0.1) is 11.3 Å². The maximum Gasteiger partial charge on any atom is 0.255 e. The van der Waals surface area contributed by atoms with Crippen LogP contribution < -0.4 is 5.73 Å². The maximum atomic E-state index is 13.8. The molecular formula is C24H21ClN6OS. The van der Waals surface area contributed by atoms with Crippen LogP contribution in [0.1, 0.15) is 41.2 Å². The highest BCUT2D eigenvalue weighted by atomic mass is 35.5. The molecule has 0 saturated carbocycles. The summed E-state index contributed by atoms with van der Waals surface area (Å²) in [7, 11) is 1.85. The summed E-state index contributed by atoms with van der Waals surface area (Å²) in [5, 5.41) is 6.28. The highest BCUT2D eigenvalue weighted by molar-refractivity contribution is 7.16.